The van der Waals surface area contributed by atoms with E-state index in [1.807, 2.05) is 54.6 Å². The van der Waals surface area contributed by atoms with Crippen LogP contribution in [0.2, 0.25) is 0 Å². The Kier molecular flexibility index (Phi) is 6.61. The van der Waals surface area contributed by atoms with Crippen LogP contribution in [0.1, 0.15) is 23.6 Å². The van der Waals surface area contributed by atoms with Gasteiger partial charge in [-0.3, -0.25) is 20.1 Å². The van der Waals surface area contributed by atoms with Gasteiger partial charge in [0.05, 0.1) is 18.1 Å². The lowest BCUT2D eigenvalue weighted by atomic mass is 9.89. The smallest absolute Gasteiger partial charge is 0.274 e. The molecule has 0 saturated carbocycles. The molecule has 1 fully saturated rings. The van der Waals surface area contributed by atoms with Crippen molar-refractivity contribution in [2.45, 2.75) is 18.6 Å². The molecule has 0 radical (unpaired) electrons. The first-order valence-corrected chi connectivity index (χ1v) is 13.4. The van der Waals surface area contributed by atoms with Crippen molar-refractivity contribution in [3.05, 3.63) is 127 Å². The fourth-order valence-corrected chi connectivity index (χ4v) is 5.00. The largest absolute Gasteiger partial charge is 0.456 e. The molecule has 42 heavy (non-hydrogen) atoms. The van der Waals surface area contributed by atoms with E-state index in [0.29, 0.717) is 22.9 Å². The Bertz CT molecular complexity index is 1810. The van der Waals surface area contributed by atoms with Gasteiger partial charge in [0.25, 0.3) is 5.91 Å². The number of nitrogens with zero attached hydrogens (tertiary/aromatic N) is 3. The quantitative estimate of drug-likeness (QED) is 0.232. The van der Waals surface area contributed by atoms with Gasteiger partial charge < -0.3 is 14.8 Å². The molecule has 3 aromatic carbocycles. The first-order valence-electron chi connectivity index (χ1n) is 13.4. The maximum atomic E-state index is 13.6. The second-order valence-corrected chi connectivity index (χ2v) is 9.97. The van der Waals surface area contributed by atoms with E-state index in [1.165, 1.54) is 18.3 Å². The van der Waals surface area contributed by atoms with Crippen LogP contribution in [0.4, 0.5) is 10.1 Å². The average Bonchev–Trinajstić information content (AvgIpc) is 3.25. The molecule has 0 aliphatic carbocycles. The highest BCUT2D eigenvalue weighted by Gasteiger charge is 2.37. The number of pyridine rings is 2. The molecule has 1 amide bonds. The molecule has 0 spiro atoms. The molecule has 1 saturated heterocycles. The zero-order chi connectivity index (χ0) is 28.5. The van der Waals surface area contributed by atoms with Crippen LogP contribution in [0, 0.1) is 5.82 Å². The molecule has 3 aliphatic heterocycles. The Balaban J connectivity index is 1.13. The van der Waals surface area contributed by atoms with Crippen LogP contribution < -0.4 is 20.1 Å². The van der Waals surface area contributed by atoms with Crippen molar-refractivity contribution >= 4 is 17.3 Å². The minimum atomic E-state index is -0.402. The zero-order valence-corrected chi connectivity index (χ0v) is 22.2. The molecule has 2 aromatic heterocycles. The van der Waals surface area contributed by atoms with Gasteiger partial charge in [0.2, 0.25) is 5.88 Å². The summed E-state index contributed by atoms with van der Waals surface area (Å²) in [5.41, 5.74) is 4.34. The molecule has 3 aliphatic rings. The van der Waals surface area contributed by atoms with Crippen LogP contribution in [0.3, 0.4) is 0 Å². The number of hydrogen-bond acceptors (Lipinski definition) is 7. The third kappa shape index (κ3) is 5.33. The summed E-state index contributed by atoms with van der Waals surface area (Å²) in [5, 5.41) is 6.33. The fourth-order valence-electron chi connectivity index (χ4n) is 5.00. The predicted molar refractivity (Wildman–Crippen MR) is 156 cm³/mol. The molecule has 2 unspecified atom stereocenters. The number of nitrogens with one attached hydrogen (secondary N) is 2. The van der Waals surface area contributed by atoms with Gasteiger partial charge in [-0.2, -0.15) is 0 Å². The Morgan fingerprint density at radius 1 is 0.833 bits per heavy atom. The number of carbonyl (C=O) groups excluding carboxylic acids is 1. The number of aliphatic imine (C=N–C) groups is 1. The van der Waals surface area contributed by atoms with Gasteiger partial charge in [-0.25, -0.2) is 9.37 Å². The van der Waals surface area contributed by atoms with E-state index in [4.69, 9.17) is 14.5 Å². The fraction of sp³-hybridized carbons (Fsp3) is 0.0909. The first kappa shape index (κ1) is 25.6. The third-order valence-electron chi connectivity index (χ3n) is 7.07. The highest BCUT2D eigenvalue weighted by Crippen LogP contribution is 2.37. The maximum Gasteiger partial charge on any atom is 0.274 e. The SMILES string of the molecule is O=C(Nc1ccc(Oc2cccc(F)c2)nc1)C1=NC2CC(N2)c2ccc(-c3cncc(Oc4ccccc4)c3)cc21. The minimum absolute atomic E-state index is 0.125. The zero-order valence-electron chi connectivity index (χ0n) is 22.2. The van der Waals surface area contributed by atoms with E-state index in [2.05, 4.69) is 20.6 Å². The summed E-state index contributed by atoms with van der Waals surface area (Å²) in [6, 6.07) is 26.7. The van der Waals surface area contributed by atoms with Crippen LogP contribution in [-0.4, -0.2) is 27.8 Å². The van der Waals surface area contributed by atoms with E-state index in [9.17, 15) is 9.18 Å². The molecule has 5 aromatic rings. The number of hydrogen-bond donors (Lipinski definition) is 2. The highest BCUT2D eigenvalue weighted by molar-refractivity contribution is 6.49. The number of aromatic nitrogens is 2. The van der Waals surface area contributed by atoms with Gasteiger partial charge >= 0.3 is 0 Å². The minimum Gasteiger partial charge on any atom is -0.456 e. The van der Waals surface area contributed by atoms with E-state index < -0.39 is 5.82 Å². The standard InChI is InChI=1S/C33H24FN5O3/c34-22-5-4-8-25(15-22)42-31-12-10-23(18-36-31)37-33(40)32-28-14-20(9-11-27(28)29-16-30(38-29)39-32)21-13-26(19-35-17-21)41-24-6-2-1-3-7-24/h1-15,17-19,29-30,38H,16H2,(H,37,40). The van der Waals surface area contributed by atoms with Crippen molar-refractivity contribution in [3.63, 3.8) is 0 Å². The van der Waals surface area contributed by atoms with Crippen molar-refractivity contribution in [1.29, 1.82) is 0 Å². The van der Waals surface area contributed by atoms with Crippen molar-refractivity contribution in [2.24, 2.45) is 4.99 Å². The van der Waals surface area contributed by atoms with Crippen LogP contribution in [0.5, 0.6) is 23.1 Å². The van der Waals surface area contributed by atoms with Crippen LogP contribution in [-0.2, 0) is 4.79 Å². The number of anilines is 1. The lowest BCUT2D eigenvalue weighted by molar-refractivity contribution is -0.110. The highest BCUT2D eigenvalue weighted by atomic mass is 19.1. The summed E-state index contributed by atoms with van der Waals surface area (Å²) in [5.74, 6) is 1.19. The maximum absolute atomic E-state index is 13.6. The molecule has 206 valence electrons. The second kappa shape index (κ2) is 10.9. The second-order valence-electron chi connectivity index (χ2n) is 9.97. The number of halogens is 1. The average molecular weight is 558 g/mol. The van der Waals surface area contributed by atoms with Gasteiger partial charge in [-0.05, 0) is 53.6 Å². The molecular weight excluding hydrogens is 533 g/mol. The first-order chi connectivity index (χ1) is 20.6. The monoisotopic (exact) mass is 557 g/mol. The van der Waals surface area contributed by atoms with Crippen LogP contribution >= 0.6 is 0 Å². The number of para-hydroxylation sites is 1. The number of ether oxygens (including phenoxy) is 2. The van der Waals surface area contributed by atoms with Crippen molar-refractivity contribution < 1.29 is 18.7 Å². The summed E-state index contributed by atoms with van der Waals surface area (Å²) >= 11 is 0. The van der Waals surface area contributed by atoms with Crippen LogP contribution in [0.25, 0.3) is 11.1 Å². The number of benzene rings is 3. The Morgan fingerprint density at radius 3 is 2.50 bits per heavy atom. The van der Waals surface area contributed by atoms with Gasteiger partial charge in [0.1, 0.15) is 34.9 Å². The van der Waals surface area contributed by atoms with E-state index in [0.717, 1.165) is 34.4 Å². The Hall–Kier alpha value is -5.41. The summed E-state index contributed by atoms with van der Waals surface area (Å²) in [7, 11) is 0. The van der Waals surface area contributed by atoms with Gasteiger partial charge in [0.15, 0.2) is 0 Å². The van der Waals surface area contributed by atoms with Crippen molar-refractivity contribution in [1.82, 2.24) is 15.3 Å². The lowest BCUT2D eigenvalue weighted by Gasteiger charge is -2.33. The number of amides is 1. The molecule has 8 rings (SSSR count). The van der Waals surface area contributed by atoms with Crippen LogP contribution in [0.15, 0.2) is 115 Å². The topological polar surface area (TPSA) is 97.7 Å². The van der Waals surface area contributed by atoms with E-state index in [-0.39, 0.29) is 24.0 Å². The van der Waals surface area contributed by atoms with Gasteiger partial charge in [-0.15, -0.1) is 0 Å². The lowest BCUT2D eigenvalue weighted by Crippen LogP contribution is -2.43. The Labute approximate surface area is 240 Å². The number of rotatable bonds is 7. The molecule has 2 bridgehead atoms. The molecule has 2 atom stereocenters. The van der Waals surface area contributed by atoms with E-state index in [1.54, 1.807) is 36.7 Å². The third-order valence-corrected chi connectivity index (χ3v) is 7.07. The summed E-state index contributed by atoms with van der Waals surface area (Å²) in [6.07, 6.45) is 5.62. The summed E-state index contributed by atoms with van der Waals surface area (Å²) in [6.45, 7) is 0. The molecule has 9 heteroatoms. The molecule has 8 nitrogen and oxygen atoms in total. The normalized spacial score (nSPS) is 16.7. The molecule has 5 heterocycles. The van der Waals surface area contributed by atoms with Gasteiger partial charge in [0, 0.05) is 41.9 Å². The van der Waals surface area contributed by atoms with Crippen molar-refractivity contribution in [2.75, 3.05) is 5.32 Å². The van der Waals surface area contributed by atoms with Crippen molar-refractivity contribution in [3.8, 4) is 34.3 Å². The summed E-state index contributed by atoms with van der Waals surface area (Å²) in [4.78, 5) is 26.9. The summed E-state index contributed by atoms with van der Waals surface area (Å²) < 4.78 is 25.0. The Morgan fingerprint density at radius 2 is 1.69 bits per heavy atom. The molecular formula is C33H24FN5O3. The molecule has 2 N–H and O–H groups in total. The predicted octanol–water partition coefficient (Wildman–Crippen LogP) is 6.67. The van der Waals surface area contributed by atoms with Gasteiger partial charge in [-0.1, -0.05) is 36.4 Å². The number of carbonyl (C=O) groups is 1. The van der Waals surface area contributed by atoms with E-state index >= 15 is 0 Å².